The lowest BCUT2D eigenvalue weighted by atomic mass is 10.2. The summed E-state index contributed by atoms with van der Waals surface area (Å²) in [6, 6.07) is -0.607. The number of aromatic nitrogens is 1. The van der Waals surface area contributed by atoms with E-state index in [0.717, 1.165) is 10.8 Å². The highest BCUT2D eigenvalue weighted by molar-refractivity contribution is 7.13. The number of aliphatic carboxylic acids is 1. The van der Waals surface area contributed by atoms with Gasteiger partial charge >= 0.3 is 5.97 Å². The number of ether oxygens (including phenoxy) is 1. The average molecular weight is 228 g/mol. The maximum Gasteiger partial charge on any atom is 0.328 e. The van der Waals surface area contributed by atoms with Crippen molar-refractivity contribution in [3.05, 3.63) is 11.1 Å². The highest BCUT2D eigenvalue weighted by atomic mass is 32.1. The van der Waals surface area contributed by atoms with E-state index in [1.54, 1.807) is 4.90 Å². The number of hydrogen-bond acceptors (Lipinski definition) is 5. The minimum Gasteiger partial charge on any atom is -0.480 e. The molecular formula is C9H12N2O3S. The average Bonchev–Trinajstić information content (AvgIpc) is 2.65. The molecule has 82 valence electrons. The molecule has 6 heteroatoms. The summed E-state index contributed by atoms with van der Waals surface area (Å²) in [5.74, 6) is -0.859. The molecule has 1 saturated heterocycles. The van der Waals surface area contributed by atoms with Gasteiger partial charge in [0.1, 0.15) is 0 Å². The largest absolute Gasteiger partial charge is 0.480 e. The third-order valence-electron chi connectivity index (χ3n) is 2.27. The van der Waals surface area contributed by atoms with Gasteiger partial charge in [-0.2, -0.15) is 0 Å². The Morgan fingerprint density at radius 1 is 1.80 bits per heavy atom. The third-order valence-corrected chi connectivity index (χ3v) is 3.26. The molecule has 15 heavy (non-hydrogen) atoms. The molecule has 0 bridgehead atoms. The van der Waals surface area contributed by atoms with Crippen LogP contribution >= 0.6 is 11.3 Å². The first-order chi connectivity index (χ1) is 7.18. The monoisotopic (exact) mass is 228 g/mol. The van der Waals surface area contributed by atoms with E-state index >= 15 is 0 Å². The van der Waals surface area contributed by atoms with Crippen LogP contribution < -0.4 is 4.90 Å². The molecule has 0 amide bonds. The first-order valence-corrected chi connectivity index (χ1v) is 5.56. The molecule has 0 spiro atoms. The zero-order chi connectivity index (χ0) is 10.8. The molecule has 0 radical (unpaired) electrons. The number of morpholine rings is 1. The second-order valence-electron chi connectivity index (χ2n) is 3.39. The predicted molar refractivity (Wildman–Crippen MR) is 56.4 cm³/mol. The summed E-state index contributed by atoms with van der Waals surface area (Å²) >= 11 is 1.47. The van der Waals surface area contributed by atoms with Crippen LogP contribution in [0.2, 0.25) is 0 Å². The van der Waals surface area contributed by atoms with Crippen molar-refractivity contribution >= 4 is 22.4 Å². The standard InChI is InChI=1S/C9H12N2O3S/c1-6-5-15-9(10-6)11-2-3-14-4-7(11)8(12)13/h5,7H,2-4H2,1H3,(H,12,13). The van der Waals surface area contributed by atoms with E-state index in [2.05, 4.69) is 4.98 Å². The SMILES string of the molecule is Cc1csc(N2CCOCC2C(=O)O)n1. The van der Waals surface area contributed by atoms with Crippen molar-refractivity contribution in [1.82, 2.24) is 4.98 Å². The Bertz CT molecular complexity index is 366. The Kier molecular flexibility index (Phi) is 2.88. The predicted octanol–water partition coefficient (Wildman–Crippen LogP) is 0.741. The number of nitrogens with zero attached hydrogens (tertiary/aromatic N) is 2. The van der Waals surface area contributed by atoms with Crippen molar-refractivity contribution in [1.29, 1.82) is 0 Å². The van der Waals surface area contributed by atoms with E-state index in [-0.39, 0.29) is 6.61 Å². The smallest absolute Gasteiger partial charge is 0.328 e. The van der Waals surface area contributed by atoms with Gasteiger partial charge in [-0.05, 0) is 6.92 Å². The first-order valence-electron chi connectivity index (χ1n) is 4.68. The van der Waals surface area contributed by atoms with Crippen LogP contribution in [0.5, 0.6) is 0 Å². The van der Waals surface area contributed by atoms with Crippen molar-refractivity contribution in [3.63, 3.8) is 0 Å². The second kappa shape index (κ2) is 4.16. The normalized spacial score (nSPS) is 21.7. The fourth-order valence-corrected chi connectivity index (χ4v) is 2.39. The summed E-state index contributed by atoms with van der Waals surface area (Å²) < 4.78 is 5.16. The lowest BCUT2D eigenvalue weighted by Crippen LogP contribution is -2.50. The quantitative estimate of drug-likeness (QED) is 0.809. The number of carboxylic acids is 1. The van der Waals surface area contributed by atoms with Crippen molar-refractivity contribution in [2.45, 2.75) is 13.0 Å². The molecule has 5 nitrogen and oxygen atoms in total. The minimum atomic E-state index is -0.859. The molecule has 2 heterocycles. The molecule has 0 aliphatic carbocycles. The molecular weight excluding hydrogens is 216 g/mol. The van der Waals surface area contributed by atoms with Crippen LogP contribution in [0.4, 0.5) is 5.13 Å². The highest BCUT2D eigenvalue weighted by Gasteiger charge is 2.30. The van der Waals surface area contributed by atoms with Crippen LogP contribution in [0.15, 0.2) is 5.38 Å². The molecule has 0 aromatic carbocycles. The Labute approximate surface area is 91.3 Å². The van der Waals surface area contributed by atoms with Crippen molar-refractivity contribution in [3.8, 4) is 0 Å². The van der Waals surface area contributed by atoms with E-state index in [1.165, 1.54) is 11.3 Å². The number of carbonyl (C=O) groups is 1. The van der Waals surface area contributed by atoms with E-state index in [1.807, 2.05) is 12.3 Å². The molecule has 1 unspecified atom stereocenters. The summed E-state index contributed by atoms with van der Waals surface area (Å²) in [5.41, 5.74) is 0.922. The van der Waals surface area contributed by atoms with Gasteiger partial charge in [0.25, 0.3) is 0 Å². The summed E-state index contributed by atoms with van der Waals surface area (Å²) in [4.78, 5) is 17.1. The van der Waals surface area contributed by atoms with Crippen LogP contribution in [-0.4, -0.2) is 41.9 Å². The molecule has 1 aliphatic rings. The van der Waals surface area contributed by atoms with Gasteiger partial charge in [0.2, 0.25) is 0 Å². The molecule has 0 saturated carbocycles. The Hall–Kier alpha value is -1.14. The molecule has 2 rings (SSSR count). The maximum atomic E-state index is 11.0. The number of thiazole rings is 1. The van der Waals surface area contributed by atoms with E-state index < -0.39 is 12.0 Å². The first kappa shape index (κ1) is 10.4. The van der Waals surface area contributed by atoms with Gasteiger partial charge in [-0.1, -0.05) is 0 Å². The summed E-state index contributed by atoms with van der Waals surface area (Å²) in [6.07, 6.45) is 0. The lowest BCUT2D eigenvalue weighted by Gasteiger charge is -2.32. The molecule has 1 aliphatic heterocycles. The topological polar surface area (TPSA) is 62.7 Å². The van der Waals surface area contributed by atoms with Gasteiger partial charge in [0.05, 0.1) is 18.9 Å². The molecule has 1 fully saturated rings. The fourth-order valence-electron chi connectivity index (χ4n) is 1.51. The molecule has 1 atom stereocenters. The van der Waals surface area contributed by atoms with Gasteiger partial charge in [0.15, 0.2) is 11.2 Å². The van der Waals surface area contributed by atoms with Crippen LogP contribution in [0.3, 0.4) is 0 Å². The zero-order valence-corrected chi connectivity index (χ0v) is 9.16. The van der Waals surface area contributed by atoms with Crippen molar-refractivity contribution in [2.24, 2.45) is 0 Å². The molecule has 1 N–H and O–H groups in total. The zero-order valence-electron chi connectivity index (χ0n) is 8.34. The minimum absolute atomic E-state index is 0.230. The number of rotatable bonds is 2. The van der Waals surface area contributed by atoms with Crippen LogP contribution in [0.25, 0.3) is 0 Å². The van der Waals surface area contributed by atoms with Gasteiger partial charge in [-0.15, -0.1) is 11.3 Å². The van der Waals surface area contributed by atoms with Gasteiger partial charge in [-0.3, -0.25) is 0 Å². The van der Waals surface area contributed by atoms with E-state index in [0.29, 0.717) is 13.2 Å². The Morgan fingerprint density at radius 3 is 3.20 bits per heavy atom. The van der Waals surface area contributed by atoms with Crippen molar-refractivity contribution in [2.75, 3.05) is 24.7 Å². The Balaban J connectivity index is 2.21. The highest BCUT2D eigenvalue weighted by Crippen LogP contribution is 2.23. The number of carboxylic acid groups (broad SMARTS) is 1. The second-order valence-corrected chi connectivity index (χ2v) is 4.23. The molecule has 1 aromatic rings. The van der Waals surface area contributed by atoms with E-state index in [4.69, 9.17) is 9.84 Å². The maximum absolute atomic E-state index is 11.0. The summed E-state index contributed by atoms with van der Waals surface area (Å²) in [5, 5.41) is 11.7. The van der Waals surface area contributed by atoms with E-state index in [9.17, 15) is 4.79 Å². The number of hydrogen-bond donors (Lipinski definition) is 1. The number of aryl methyl sites for hydroxylation is 1. The van der Waals surface area contributed by atoms with Crippen LogP contribution in [-0.2, 0) is 9.53 Å². The van der Waals surface area contributed by atoms with Gasteiger partial charge < -0.3 is 14.7 Å². The summed E-state index contributed by atoms with van der Waals surface area (Å²) in [7, 11) is 0. The summed E-state index contributed by atoms with van der Waals surface area (Å²) in [6.45, 7) is 3.27. The third kappa shape index (κ3) is 2.10. The van der Waals surface area contributed by atoms with Crippen molar-refractivity contribution < 1.29 is 14.6 Å². The van der Waals surface area contributed by atoms with Gasteiger partial charge in [0, 0.05) is 11.9 Å². The Morgan fingerprint density at radius 2 is 2.60 bits per heavy atom. The fraction of sp³-hybridized carbons (Fsp3) is 0.556. The van der Waals surface area contributed by atoms with Crippen LogP contribution in [0, 0.1) is 6.92 Å². The van der Waals surface area contributed by atoms with Crippen LogP contribution in [0.1, 0.15) is 5.69 Å². The molecule has 1 aromatic heterocycles. The number of anilines is 1. The van der Waals surface area contributed by atoms with Gasteiger partial charge in [-0.25, -0.2) is 9.78 Å². The lowest BCUT2D eigenvalue weighted by molar-refractivity contribution is -0.141.